The number of furan rings is 2. The van der Waals surface area contributed by atoms with Crippen molar-refractivity contribution in [3.8, 4) is 11.6 Å². The number of aromatic nitrogens is 3. The molecule has 0 spiro atoms. The fourth-order valence-corrected chi connectivity index (χ4v) is 3.73. The van der Waals surface area contributed by atoms with Gasteiger partial charge in [0.2, 0.25) is 11.7 Å². The zero-order valence-corrected chi connectivity index (χ0v) is 16.7. The molecular weight excluding hydrogens is 388 g/mol. The predicted molar refractivity (Wildman–Crippen MR) is 109 cm³/mol. The fourth-order valence-electron chi connectivity index (χ4n) is 2.85. The monoisotopic (exact) mass is 408 g/mol. The lowest BCUT2D eigenvalue weighted by molar-refractivity contribution is -0.127. The molecule has 0 saturated heterocycles. The van der Waals surface area contributed by atoms with Gasteiger partial charge in [-0.1, -0.05) is 42.1 Å². The highest BCUT2D eigenvalue weighted by molar-refractivity contribution is 7.99. The molecule has 0 aliphatic carbocycles. The smallest absolute Gasteiger partial charge is 0.233 e. The molecule has 4 rings (SSSR count). The van der Waals surface area contributed by atoms with Crippen LogP contribution in [0.1, 0.15) is 11.3 Å². The normalized spacial score (nSPS) is 10.9. The number of carbonyl (C=O) groups excluding carboxylic acids is 1. The Morgan fingerprint density at radius 1 is 1.03 bits per heavy atom. The molecule has 7 nitrogen and oxygen atoms in total. The number of hydrogen-bond donors (Lipinski definition) is 0. The van der Waals surface area contributed by atoms with Crippen LogP contribution in [0.2, 0.25) is 0 Å². The number of carbonyl (C=O) groups is 1. The van der Waals surface area contributed by atoms with Crippen LogP contribution >= 0.6 is 11.8 Å². The largest absolute Gasteiger partial charge is 0.467 e. The molecule has 0 unspecified atom stereocenters. The van der Waals surface area contributed by atoms with E-state index in [4.69, 9.17) is 8.83 Å². The van der Waals surface area contributed by atoms with E-state index in [0.29, 0.717) is 29.8 Å². The van der Waals surface area contributed by atoms with Crippen LogP contribution in [0.15, 0.2) is 81.1 Å². The van der Waals surface area contributed by atoms with Crippen molar-refractivity contribution in [2.75, 3.05) is 12.8 Å². The van der Waals surface area contributed by atoms with Crippen LogP contribution in [-0.2, 0) is 17.9 Å². The van der Waals surface area contributed by atoms with Crippen LogP contribution in [0.4, 0.5) is 0 Å². The van der Waals surface area contributed by atoms with Crippen molar-refractivity contribution >= 4 is 17.7 Å². The maximum absolute atomic E-state index is 12.5. The second kappa shape index (κ2) is 8.83. The second-order valence-corrected chi connectivity index (χ2v) is 7.42. The van der Waals surface area contributed by atoms with E-state index in [0.717, 1.165) is 11.3 Å². The second-order valence-electron chi connectivity index (χ2n) is 6.47. The van der Waals surface area contributed by atoms with Gasteiger partial charge in [-0.2, -0.15) is 0 Å². The minimum Gasteiger partial charge on any atom is -0.467 e. The van der Waals surface area contributed by atoms with E-state index >= 15 is 0 Å². The summed E-state index contributed by atoms with van der Waals surface area (Å²) in [5.74, 6) is 2.26. The Morgan fingerprint density at radius 2 is 1.83 bits per heavy atom. The lowest BCUT2D eigenvalue weighted by Crippen LogP contribution is -2.27. The summed E-state index contributed by atoms with van der Waals surface area (Å²) >= 11 is 1.36. The Kier molecular flexibility index (Phi) is 5.81. The van der Waals surface area contributed by atoms with Crippen LogP contribution in [0.5, 0.6) is 0 Å². The highest BCUT2D eigenvalue weighted by atomic mass is 32.2. The molecule has 8 heteroatoms. The van der Waals surface area contributed by atoms with Gasteiger partial charge >= 0.3 is 0 Å². The van der Waals surface area contributed by atoms with Gasteiger partial charge in [0, 0.05) is 7.05 Å². The van der Waals surface area contributed by atoms with Gasteiger partial charge in [-0.05, 0) is 29.8 Å². The van der Waals surface area contributed by atoms with Crippen LogP contribution < -0.4 is 0 Å². The summed E-state index contributed by atoms with van der Waals surface area (Å²) < 4.78 is 12.8. The zero-order valence-electron chi connectivity index (χ0n) is 15.9. The molecular formula is C21H20N4O3S. The van der Waals surface area contributed by atoms with E-state index < -0.39 is 0 Å². The molecule has 3 heterocycles. The highest BCUT2D eigenvalue weighted by Gasteiger charge is 2.19. The van der Waals surface area contributed by atoms with Crippen molar-refractivity contribution in [3.05, 3.63) is 78.4 Å². The van der Waals surface area contributed by atoms with Crippen molar-refractivity contribution in [1.82, 2.24) is 19.7 Å². The Labute approximate surface area is 172 Å². The number of benzene rings is 1. The first-order valence-corrected chi connectivity index (χ1v) is 10.1. The zero-order chi connectivity index (χ0) is 20.1. The van der Waals surface area contributed by atoms with Gasteiger partial charge in [0.15, 0.2) is 10.9 Å². The number of thioether (sulfide) groups is 1. The number of rotatable bonds is 8. The van der Waals surface area contributed by atoms with Gasteiger partial charge < -0.3 is 13.7 Å². The molecule has 0 aliphatic rings. The standard InChI is InChI=1S/C21H20N4O3S/c1-24(14-17-9-5-11-27-17)19(26)15-29-21-23-22-20(18-10-6-12-28-18)25(21)13-16-7-3-2-4-8-16/h2-12H,13-15H2,1H3. The minimum absolute atomic E-state index is 0.0137. The summed E-state index contributed by atoms with van der Waals surface area (Å²) in [5, 5.41) is 9.27. The maximum atomic E-state index is 12.5. The topological polar surface area (TPSA) is 77.3 Å². The lowest BCUT2D eigenvalue weighted by Gasteiger charge is -2.15. The molecule has 0 N–H and O–H groups in total. The average molecular weight is 408 g/mol. The molecule has 0 saturated carbocycles. The molecule has 148 valence electrons. The molecule has 3 aromatic heterocycles. The van der Waals surface area contributed by atoms with Crippen molar-refractivity contribution < 1.29 is 13.6 Å². The molecule has 1 amide bonds. The number of hydrogen-bond acceptors (Lipinski definition) is 6. The van der Waals surface area contributed by atoms with Gasteiger partial charge in [-0.15, -0.1) is 10.2 Å². The van der Waals surface area contributed by atoms with E-state index in [9.17, 15) is 4.79 Å². The summed E-state index contributed by atoms with van der Waals surface area (Å²) in [5.41, 5.74) is 1.11. The quantitative estimate of drug-likeness (QED) is 0.411. The van der Waals surface area contributed by atoms with Crippen molar-refractivity contribution in [2.24, 2.45) is 0 Å². The molecule has 0 radical (unpaired) electrons. The van der Waals surface area contributed by atoms with E-state index in [1.54, 1.807) is 24.5 Å². The van der Waals surface area contributed by atoms with E-state index in [1.165, 1.54) is 11.8 Å². The Morgan fingerprint density at radius 3 is 2.55 bits per heavy atom. The Hall–Kier alpha value is -3.26. The maximum Gasteiger partial charge on any atom is 0.233 e. The van der Waals surface area contributed by atoms with Gasteiger partial charge in [-0.3, -0.25) is 9.36 Å². The fraction of sp³-hybridized carbons (Fsp3) is 0.190. The minimum atomic E-state index is -0.0137. The summed E-state index contributed by atoms with van der Waals surface area (Å²) in [6, 6.07) is 17.4. The van der Waals surface area contributed by atoms with E-state index in [2.05, 4.69) is 10.2 Å². The van der Waals surface area contributed by atoms with Gasteiger partial charge in [0.1, 0.15) is 5.76 Å². The molecule has 0 aliphatic heterocycles. The van der Waals surface area contributed by atoms with Crippen molar-refractivity contribution in [2.45, 2.75) is 18.2 Å². The third-order valence-electron chi connectivity index (χ3n) is 4.37. The molecule has 0 bridgehead atoms. The first-order chi connectivity index (χ1) is 14.2. The molecule has 0 fully saturated rings. The van der Waals surface area contributed by atoms with E-state index in [-0.39, 0.29) is 11.7 Å². The predicted octanol–water partition coefficient (Wildman–Crippen LogP) is 3.93. The molecule has 1 aromatic carbocycles. The number of nitrogens with zero attached hydrogens (tertiary/aromatic N) is 4. The van der Waals surface area contributed by atoms with Crippen LogP contribution in [0, 0.1) is 0 Å². The first-order valence-electron chi connectivity index (χ1n) is 9.11. The van der Waals surface area contributed by atoms with Gasteiger partial charge in [0.25, 0.3) is 0 Å². The molecule has 4 aromatic rings. The Balaban J connectivity index is 1.50. The molecule has 0 atom stereocenters. The van der Waals surface area contributed by atoms with E-state index in [1.807, 2.05) is 59.2 Å². The first kappa shape index (κ1) is 19.1. The van der Waals surface area contributed by atoms with Crippen LogP contribution in [0.3, 0.4) is 0 Å². The van der Waals surface area contributed by atoms with Crippen molar-refractivity contribution in [1.29, 1.82) is 0 Å². The summed E-state index contributed by atoms with van der Waals surface area (Å²) in [6.45, 7) is 1.02. The lowest BCUT2D eigenvalue weighted by atomic mass is 10.2. The van der Waals surface area contributed by atoms with Gasteiger partial charge in [-0.25, -0.2) is 0 Å². The molecule has 29 heavy (non-hydrogen) atoms. The SMILES string of the molecule is CN(Cc1ccco1)C(=O)CSc1nnc(-c2ccco2)n1Cc1ccccc1. The Bertz CT molecular complexity index is 1040. The van der Waals surface area contributed by atoms with Gasteiger partial charge in [0.05, 0.1) is 31.4 Å². The summed E-state index contributed by atoms with van der Waals surface area (Å²) in [7, 11) is 1.76. The third-order valence-corrected chi connectivity index (χ3v) is 5.32. The number of amides is 1. The van der Waals surface area contributed by atoms with Crippen LogP contribution in [-0.4, -0.2) is 38.4 Å². The summed E-state index contributed by atoms with van der Waals surface area (Å²) in [4.78, 5) is 14.2. The van der Waals surface area contributed by atoms with Crippen LogP contribution in [0.25, 0.3) is 11.6 Å². The third kappa shape index (κ3) is 4.60. The summed E-state index contributed by atoms with van der Waals surface area (Å²) in [6.07, 6.45) is 3.21. The average Bonchev–Trinajstić information content (AvgIpc) is 3.49. The highest BCUT2D eigenvalue weighted by Crippen LogP contribution is 2.25. The van der Waals surface area contributed by atoms with Crippen molar-refractivity contribution in [3.63, 3.8) is 0 Å².